The lowest BCUT2D eigenvalue weighted by molar-refractivity contribution is 0.174. The summed E-state index contributed by atoms with van der Waals surface area (Å²) < 4.78 is 0. The zero-order valence-electron chi connectivity index (χ0n) is 17.1. The lowest BCUT2D eigenvalue weighted by Crippen LogP contribution is -2.52. The molecule has 0 aromatic heterocycles. The van der Waals surface area contributed by atoms with E-state index in [1.54, 1.807) is 0 Å². The monoisotopic (exact) mass is 430 g/mol. The number of hydrogen-bond acceptors (Lipinski definition) is 4. The highest BCUT2D eigenvalue weighted by molar-refractivity contribution is 6.33. The van der Waals surface area contributed by atoms with Gasteiger partial charge >= 0.3 is 0 Å². The summed E-state index contributed by atoms with van der Waals surface area (Å²) in [5.41, 5.74) is 3.43. The van der Waals surface area contributed by atoms with Crippen LogP contribution in [0.25, 0.3) is 0 Å². The van der Waals surface area contributed by atoms with Crippen molar-refractivity contribution in [2.45, 2.75) is 20.4 Å². The molecule has 0 amide bonds. The molecule has 2 heterocycles. The third-order valence-corrected chi connectivity index (χ3v) is 6.13. The first-order chi connectivity index (χ1) is 14.0. The van der Waals surface area contributed by atoms with Gasteiger partial charge in [0.1, 0.15) is 5.84 Å². The van der Waals surface area contributed by atoms with E-state index in [4.69, 9.17) is 28.2 Å². The smallest absolute Gasteiger partial charge is 0.125 e. The molecule has 2 aromatic rings. The molecule has 4 rings (SSSR count). The van der Waals surface area contributed by atoms with E-state index in [1.807, 2.05) is 18.2 Å². The molecule has 0 aliphatic carbocycles. The van der Waals surface area contributed by atoms with Crippen LogP contribution in [0, 0.1) is 5.92 Å². The van der Waals surface area contributed by atoms with Crippen molar-refractivity contribution in [3.8, 4) is 0 Å². The Bertz CT molecular complexity index is 888. The van der Waals surface area contributed by atoms with Crippen LogP contribution < -0.4 is 4.90 Å². The molecule has 4 nitrogen and oxygen atoms in total. The van der Waals surface area contributed by atoms with E-state index in [-0.39, 0.29) is 0 Å². The van der Waals surface area contributed by atoms with Crippen LogP contribution in [0.3, 0.4) is 0 Å². The number of fused-ring (bicyclic) bond motifs is 1. The van der Waals surface area contributed by atoms with Gasteiger partial charge in [-0.15, -0.1) is 0 Å². The lowest BCUT2D eigenvalue weighted by Gasteiger charge is -2.40. The van der Waals surface area contributed by atoms with E-state index >= 15 is 0 Å². The van der Waals surface area contributed by atoms with Gasteiger partial charge < -0.3 is 9.80 Å². The predicted molar refractivity (Wildman–Crippen MR) is 124 cm³/mol. The molecule has 0 unspecified atom stereocenters. The number of anilines is 1. The minimum Gasteiger partial charge on any atom is -0.362 e. The Hall–Kier alpha value is -1.75. The number of rotatable bonds is 4. The Morgan fingerprint density at radius 1 is 1.00 bits per heavy atom. The van der Waals surface area contributed by atoms with Crippen molar-refractivity contribution < 1.29 is 0 Å². The highest BCUT2D eigenvalue weighted by atomic mass is 35.5. The molecule has 0 bridgehead atoms. The Kier molecular flexibility index (Phi) is 6.33. The molecular weight excluding hydrogens is 403 g/mol. The summed E-state index contributed by atoms with van der Waals surface area (Å²) in [5, 5.41) is 1.53. The molecule has 0 N–H and O–H groups in total. The van der Waals surface area contributed by atoms with E-state index in [9.17, 15) is 0 Å². The second kappa shape index (κ2) is 8.95. The molecule has 2 aliphatic rings. The van der Waals surface area contributed by atoms with Crippen molar-refractivity contribution in [2.24, 2.45) is 10.9 Å². The van der Waals surface area contributed by atoms with Crippen LogP contribution >= 0.6 is 23.2 Å². The first-order valence-electron chi connectivity index (χ1n) is 10.3. The molecule has 6 heteroatoms. The van der Waals surface area contributed by atoms with Crippen molar-refractivity contribution in [1.29, 1.82) is 0 Å². The molecule has 0 radical (unpaired) electrons. The second-order valence-corrected chi connectivity index (χ2v) is 9.13. The standard InChI is InChI=1S/C23H28Cl2N4/c1-17(2)14-29-16-23(26-21-5-3-4-6-22(21)29)28-11-9-27(10-12-28)15-18-13-19(24)7-8-20(18)25/h3-8,13,17H,9-12,14-16H2,1-2H3. The average Bonchev–Trinajstić information content (AvgIpc) is 2.71. The summed E-state index contributed by atoms with van der Waals surface area (Å²) >= 11 is 12.5. The molecule has 154 valence electrons. The number of aliphatic imine (C=N–C) groups is 1. The van der Waals surface area contributed by atoms with Crippen LogP contribution in [-0.4, -0.2) is 54.9 Å². The number of amidine groups is 1. The van der Waals surface area contributed by atoms with Crippen molar-refractivity contribution in [1.82, 2.24) is 9.80 Å². The van der Waals surface area contributed by atoms with Crippen molar-refractivity contribution in [2.75, 3.05) is 44.2 Å². The van der Waals surface area contributed by atoms with E-state index in [2.05, 4.69) is 52.8 Å². The molecule has 0 spiro atoms. The minimum atomic E-state index is 0.613. The number of nitrogens with zero attached hydrogens (tertiary/aromatic N) is 4. The SMILES string of the molecule is CC(C)CN1CC(N2CCN(Cc3cc(Cl)ccc3Cl)CC2)=Nc2ccccc21. The Morgan fingerprint density at radius 3 is 2.52 bits per heavy atom. The zero-order chi connectivity index (χ0) is 20.4. The van der Waals surface area contributed by atoms with E-state index in [0.29, 0.717) is 5.92 Å². The quantitative estimate of drug-likeness (QED) is 0.655. The summed E-state index contributed by atoms with van der Waals surface area (Å²) in [6, 6.07) is 14.2. The van der Waals surface area contributed by atoms with Gasteiger partial charge in [0.15, 0.2) is 0 Å². The van der Waals surface area contributed by atoms with Gasteiger partial charge in [0.2, 0.25) is 0 Å². The van der Waals surface area contributed by atoms with E-state index in [1.165, 1.54) is 11.5 Å². The number of halogens is 2. The Labute approximate surface area is 183 Å². The number of hydrogen-bond donors (Lipinski definition) is 0. The van der Waals surface area contributed by atoms with Gasteiger partial charge in [-0.1, -0.05) is 49.2 Å². The number of benzene rings is 2. The van der Waals surface area contributed by atoms with Crippen molar-refractivity contribution in [3.63, 3.8) is 0 Å². The second-order valence-electron chi connectivity index (χ2n) is 8.29. The molecule has 29 heavy (non-hydrogen) atoms. The van der Waals surface area contributed by atoms with Crippen molar-refractivity contribution in [3.05, 3.63) is 58.1 Å². The summed E-state index contributed by atoms with van der Waals surface area (Å²) in [4.78, 5) is 12.4. The van der Waals surface area contributed by atoms with Crippen molar-refractivity contribution >= 4 is 40.4 Å². The van der Waals surface area contributed by atoms with Gasteiger partial charge in [-0.25, -0.2) is 4.99 Å². The summed E-state index contributed by atoms with van der Waals surface area (Å²) in [5.74, 6) is 1.80. The van der Waals surface area contributed by atoms with Crippen LogP contribution in [0.15, 0.2) is 47.5 Å². The van der Waals surface area contributed by atoms with E-state index < -0.39 is 0 Å². The number of piperazine rings is 1. The maximum Gasteiger partial charge on any atom is 0.125 e. The van der Waals surface area contributed by atoms with Gasteiger partial charge in [-0.2, -0.15) is 0 Å². The molecule has 1 saturated heterocycles. The molecule has 0 atom stereocenters. The third-order valence-electron chi connectivity index (χ3n) is 5.53. The number of para-hydroxylation sites is 2. The Balaban J connectivity index is 1.43. The van der Waals surface area contributed by atoms with Gasteiger partial charge in [0.05, 0.1) is 17.9 Å². The van der Waals surface area contributed by atoms with Gasteiger partial charge in [0.25, 0.3) is 0 Å². The van der Waals surface area contributed by atoms with Gasteiger partial charge in [0, 0.05) is 49.3 Å². The summed E-state index contributed by atoms with van der Waals surface area (Å²) in [6.45, 7) is 11.3. The predicted octanol–water partition coefficient (Wildman–Crippen LogP) is 5.32. The minimum absolute atomic E-state index is 0.613. The van der Waals surface area contributed by atoms with E-state index in [0.717, 1.165) is 67.1 Å². The fourth-order valence-corrected chi connectivity index (χ4v) is 4.47. The molecule has 0 saturated carbocycles. The normalized spacial score (nSPS) is 17.5. The molecule has 2 aliphatic heterocycles. The van der Waals surface area contributed by atoms with Crippen LogP contribution in [0.2, 0.25) is 10.0 Å². The highest BCUT2D eigenvalue weighted by Crippen LogP contribution is 2.33. The Morgan fingerprint density at radius 2 is 1.76 bits per heavy atom. The fraction of sp³-hybridized carbons (Fsp3) is 0.435. The van der Waals surface area contributed by atoms with Gasteiger partial charge in [-0.05, 0) is 41.8 Å². The summed E-state index contributed by atoms with van der Waals surface area (Å²) in [6.07, 6.45) is 0. The topological polar surface area (TPSA) is 22.1 Å². The first-order valence-corrected chi connectivity index (χ1v) is 11.1. The maximum atomic E-state index is 6.35. The lowest BCUT2D eigenvalue weighted by atomic mass is 10.1. The zero-order valence-corrected chi connectivity index (χ0v) is 18.6. The highest BCUT2D eigenvalue weighted by Gasteiger charge is 2.26. The largest absolute Gasteiger partial charge is 0.362 e. The van der Waals surface area contributed by atoms with Gasteiger partial charge in [-0.3, -0.25) is 4.90 Å². The molecular formula is C23H28Cl2N4. The van der Waals surface area contributed by atoms with Crippen LogP contribution in [0.1, 0.15) is 19.4 Å². The third kappa shape index (κ3) is 4.88. The summed E-state index contributed by atoms with van der Waals surface area (Å²) in [7, 11) is 0. The average molecular weight is 431 g/mol. The molecule has 2 aromatic carbocycles. The fourth-order valence-electron chi connectivity index (χ4n) is 4.10. The maximum absolute atomic E-state index is 6.35. The van der Waals surface area contributed by atoms with Crippen LogP contribution in [0.5, 0.6) is 0 Å². The molecule has 1 fully saturated rings. The van der Waals surface area contributed by atoms with Crippen LogP contribution in [-0.2, 0) is 6.54 Å². The first kappa shape index (κ1) is 20.5. The van der Waals surface area contributed by atoms with Crippen LogP contribution in [0.4, 0.5) is 11.4 Å².